The van der Waals surface area contributed by atoms with Crippen LogP contribution in [0.25, 0.3) is 0 Å². The molecule has 1 aliphatic heterocycles. The first-order valence-electron chi connectivity index (χ1n) is 6.14. The van der Waals surface area contributed by atoms with E-state index >= 15 is 0 Å². The van der Waals surface area contributed by atoms with Crippen molar-refractivity contribution in [1.29, 1.82) is 0 Å². The van der Waals surface area contributed by atoms with Gasteiger partial charge in [-0.3, -0.25) is 0 Å². The van der Waals surface area contributed by atoms with Gasteiger partial charge in [-0.15, -0.1) is 0 Å². The molecule has 3 nitrogen and oxygen atoms in total. The van der Waals surface area contributed by atoms with E-state index in [2.05, 4.69) is 0 Å². The predicted octanol–water partition coefficient (Wildman–Crippen LogP) is 2.90. The third-order valence-electron chi connectivity index (χ3n) is 3.12. The number of ether oxygens (including phenoxy) is 1. The number of hydrogen-bond acceptors (Lipinski definition) is 3. The number of halogens is 3. The molecule has 1 heterocycles. The number of nitrogens with two attached hydrogens (primary N) is 1. The zero-order chi connectivity index (χ0) is 14.2. The van der Waals surface area contributed by atoms with Crippen LogP contribution in [0, 0.1) is 0 Å². The van der Waals surface area contributed by atoms with Gasteiger partial charge in [-0.2, -0.15) is 13.2 Å². The smallest absolute Gasteiger partial charge is 0.397 e. The van der Waals surface area contributed by atoms with Gasteiger partial charge in [-0.1, -0.05) is 0 Å². The lowest BCUT2D eigenvalue weighted by molar-refractivity contribution is -0.137. The molecule has 0 aromatic heterocycles. The summed E-state index contributed by atoms with van der Waals surface area (Å²) in [5.74, 6) is 0. The molecule has 1 fully saturated rings. The van der Waals surface area contributed by atoms with Crippen molar-refractivity contribution in [2.75, 3.05) is 23.7 Å². The summed E-state index contributed by atoms with van der Waals surface area (Å²) in [6.07, 6.45) is -4.30. The molecule has 0 saturated carbocycles. The molecule has 1 aromatic carbocycles. The maximum absolute atomic E-state index is 12.6. The van der Waals surface area contributed by atoms with Gasteiger partial charge in [0.2, 0.25) is 0 Å². The largest absolute Gasteiger partial charge is 0.416 e. The minimum Gasteiger partial charge on any atom is -0.397 e. The van der Waals surface area contributed by atoms with Crippen LogP contribution in [0.2, 0.25) is 0 Å². The molecule has 0 radical (unpaired) electrons. The first-order valence-corrected chi connectivity index (χ1v) is 6.14. The standard InChI is InChI=1S/C13H17F3N2O/c1-8-6-18(7-9(2)19-8)12-4-3-10(5-11(12)17)13(14,15)16/h3-5,8-9H,6-7,17H2,1-2H3/t8-,9+. The van der Waals surface area contributed by atoms with Gasteiger partial charge < -0.3 is 15.4 Å². The zero-order valence-corrected chi connectivity index (χ0v) is 10.9. The molecule has 106 valence electrons. The molecule has 2 atom stereocenters. The normalized spacial score (nSPS) is 24.6. The number of rotatable bonds is 1. The highest BCUT2D eigenvalue weighted by Crippen LogP contribution is 2.34. The third-order valence-corrected chi connectivity index (χ3v) is 3.12. The van der Waals surface area contributed by atoms with E-state index in [0.717, 1.165) is 12.1 Å². The minimum atomic E-state index is -4.36. The van der Waals surface area contributed by atoms with Gasteiger partial charge in [0, 0.05) is 13.1 Å². The Morgan fingerprint density at radius 1 is 1.21 bits per heavy atom. The van der Waals surface area contributed by atoms with Gasteiger partial charge in [-0.25, -0.2) is 0 Å². The van der Waals surface area contributed by atoms with Gasteiger partial charge in [0.15, 0.2) is 0 Å². The summed E-state index contributed by atoms with van der Waals surface area (Å²) in [7, 11) is 0. The third kappa shape index (κ3) is 3.12. The molecular formula is C13H17F3N2O. The van der Waals surface area contributed by atoms with Crippen molar-refractivity contribution in [3.8, 4) is 0 Å². The van der Waals surface area contributed by atoms with Gasteiger partial charge in [-0.05, 0) is 32.0 Å². The first-order chi connectivity index (χ1) is 8.77. The highest BCUT2D eigenvalue weighted by molar-refractivity contribution is 5.69. The Bertz CT molecular complexity index is 452. The molecule has 0 spiro atoms. The average molecular weight is 274 g/mol. The lowest BCUT2D eigenvalue weighted by atomic mass is 10.1. The average Bonchev–Trinajstić information content (AvgIpc) is 2.26. The molecule has 0 aliphatic carbocycles. The van der Waals surface area contributed by atoms with Crippen LogP contribution in [0.4, 0.5) is 24.5 Å². The number of hydrogen-bond donors (Lipinski definition) is 1. The lowest BCUT2D eigenvalue weighted by Gasteiger charge is -2.37. The molecule has 0 amide bonds. The van der Waals surface area contributed by atoms with Crippen molar-refractivity contribution in [3.05, 3.63) is 23.8 Å². The second kappa shape index (κ2) is 4.92. The number of alkyl halides is 3. The van der Waals surface area contributed by atoms with E-state index in [1.54, 1.807) is 0 Å². The monoisotopic (exact) mass is 274 g/mol. The Balaban J connectivity index is 2.26. The molecule has 2 N–H and O–H groups in total. The Labute approximate surface area is 110 Å². The fourth-order valence-corrected chi connectivity index (χ4v) is 2.39. The molecule has 0 bridgehead atoms. The topological polar surface area (TPSA) is 38.5 Å². The van der Waals surface area contributed by atoms with Crippen LogP contribution in [0.15, 0.2) is 18.2 Å². The molecule has 19 heavy (non-hydrogen) atoms. The van der Waals surface area contributed by atoms with Crippen molar-refractivity contribution in [2.24, 2.45) is 0 Å². The van der Waals surface area contributed by atoms with Crippen molar-refractivity contribution < 1.29 is 17.9 Å². The van der Waals surface area contributed by atoms with E-state index in [-0.39, 0.29) is 17.9 Å². The Morgan fingerprint density at radius 2 is 1.79 bits per heavy atom. The zero-order valence-electron chi connectivity index (χ0n) is 10.9. The number of nitrogen functional groups attached to an aromatic ring is 1. The van der Waals surface area contributed by atoms with Crippen molar-refractivity contribution in [2.45, 2.75) is 32.2 Å². The highest BCUT2D eigenvalue weighted by atomic mass is 19.4. The van der Waals surface area contributed by atoms with E-state index in [0.29, 0.717) is 18.8 Å². The summed E-state index contributed by atoms with van der Waals surface area (Å²) in [5.41, 5.74) is 5.82. The molecule has 1 aliphatic rings. The van der Waals surface area contributed by atoms with Crippen LogP contribution >= 0.6 is 0 Å². The highest BCUT2D eigenvalue weighted by Gasteiger charge is 2.31. The molecule has 1 saturated heterocycles. The van der Waals surface area contributed by atoms with Crippen LogP contribution in [0.3, 0.4) is 0 Å². The van der Waals surface area contributed by atoms with Gasteiger partial charge in [0.05, 0.1) is 29.1 Å². The van der Waals surface area contributed by atoms with E-state index < -0.39 is 11.7 Å². The predicted molar refractivity (Wildman–Crippen MR) is 68.1 cm³/mol. The van der Waals surface area contributed by atoms with Crippen molar-refractivity contribution in [1.82, 2.24) is 0 Å². The van der Waals surface area contributed by atoms with Crippen molar-refractivity contribution in [3.63, 3.8) is 0 Å². The van der Waals surface area contributed by atoms with Gasteiger partial charge >= 0.3 is 6.18 Å². The fraction of sp³-hybridized carbons (Fsp3) is 0.538. The first kappa shape index (κ1) is 14.0. The maximum Gasteiger partial charge on any atom is 0.416 e. The SMILES string of the molecule is C[C@@H]1CN(c2ccc(C(F)(F)F)cc2N)C[C@H](C)O1. The summed E-state index contributed by atoms with van der Waals surface area (Å²) in [6, 6.07) is 3.49. The van der Waals surface area contributed by atoms with Crippen molar-refractivity contribution >= 4 is 11.4 Å². The molecule has 0 unspecified atom stereocenters. The number of morpholine rings is 1. The lowest BCUT2D eigenvalue weighted by Crippen LogP contribution is -2.45. The Kier molecular flexibility index (Phi) is 3.62. The molecular weight excluding hydrogens is 257 g/mol. The minimum absolute atomic E-state index is 0.0328. The summed E-state index contributed by atoms with van der Waals surface area (Å²) in [5, 5.41) is 0. The quantitative estimate of drug-likeness (QED) is 0.800. The van der Waals surface area contributed by atoms with Gasteiger partial charge in [0.25, 0.3) is 0 Å². The fourth-order valence-electron chi connectivity index (χ4n) is 2.39. The molecule has 1 aromatic rings. The van der Waals surface area contributed by atoms with E-state index in [4.69, 9.17) is 10.5 Å². The van der Waals surface area contributed by atoms with E-state index in [1.807, 2.05) is 18.7 Å². The van der Waals surface area contributed by atoms with E-state index in [1.165, 1.54) is 6.07 Å². The summed E-state index contributed by atoms with van der Waals surface area (Å²) in [4.78, 5) is 1.97. The summed E-state index contributed by atoms with van der Waals surface area (Å²) in [6.45, 7) is 5.12. The molecule has 6 heteroatoms. The van der Waals surface area contributed by atoms with Crippen LogP contribution < -0.4 is 10.6 Å². The summed E-state index contributed by atoms with van der Waals surface area (Å²) >= 11 is 0. The Hall–Kier alpha value is -1.43. The maximum atomic E-state index is 12.6. The Morgan fingerprint density at radius 3 is 2.26 bits per heavy atom. The number of nitrogens with zero attached hydrogens (tertiary/aromatic N) is 1. The number of benzene rings is 1. The van der Waals surface area contributed by atoms with Crippen LogP contribution in [-0.2, 0) is 10.9 Å². The number of anilines is 2. The van der Waals surface area contributed by atoms with Crippen LogP contribution in [-0.4, -0.2) is 25.3 Å². The second-order valence-electron chi connectivity index (χ2n) is 4.93. The molecule has 2 rings (SSSR count). The second-order valence-corrected chi connectivity index (χ2v) is 4.93. The van der Waals surface area contributed by atoms with Crippen LogP contribution in [0.1, 0.15) is 19.4 Å². The van der Waals surface area contributed by atoms with Gasteiger partial charge in [0.1, 0.15) is 0 Å². The van der Waals surface area contributed by atoms with Crippen LogP contribution in [0.5, 0.6) is 0 Å². The summed E-state index contributed by atoms with van der Waals surface area (Å²) < 4.78 is 43.3. The van der Waals surface area contributed by atoms with E-state index in [9.17, 15) is 13.2 Å².